The molecular formula is C44H75F4N4O8P. The second kappa shape index (κ2) is 36.7. The Labute approximate surface area is 362 Å². The number of halogens is 4. The van der Waals surface area contributed by atoms with Crippen LogP contribution in [0.2, 0.25) is 0 Å². The van der Waals surface area contributed by atoms with Crippen molar-refractivity contribution in [2.75, 3.05) is 26.4 Å². The molecule has 2 atom stereocenters. The van der Waals surface area contributed by atoms with Gasteiger partial charge in [-0.25, -0.2) is 22.1 Å². The summed E-state index contributed by atoms with van der Waals surface area (Å²) < 4.78 is 90.0. The molecule has 0 aliphatic rings. The molecule has 1 rings (SSSR count). The van der Waals surface area contributed by atoms with Gasteiger partial charge in [-0.3, -0.25) is 18.6 Å². The molecule has 2 N–H and O–H groups in total. The highest BCUT2D eigenvalue weighted by atomic mass is 31.2. The largest absolute Gasteiger partial charge is 0.472 e. The van der Waals surface area contributed by atoms with Gasteiger partial charge in [-0.05, 0) is 18.4 Å². The second-order valence-corrected chi connectivity index (χ2v) is 17.3. The summed E-state index contributed by atoms with van der Waals surface area (Å²) in [7, 11) is -4.78. The highest BCUT2D eigenvalue weighted by Gasteiger charge is 2.27. The first-order chi connectivity index (χ1) is 29.5. The lowest BCUT2D eigenvalue weighted by molar-refractivity contribution is -0.161. The third-order valence-electron chi connectivity index (χ3n) is 10.4. The minimum absolute atomic E-state index is 0.114. The van der Waals surface area contributed by atoms with E-state index >= 15 is 0 Å². The summed E-state index contributed by atoms with van der Waals surface area (Å²) in [6.07, 6.45) is 29.2. The highest BCUT2D eigenvalue weighted by molar-refractivity contribution is 7.47. The highest BCUT2D eigenvalue weighted by Crippen LogP contribution is 2.43. The van der Waals surface area contributed by atoms with Crippen LogP contribution >= 0.6 is 7.82 Å². The molecule has 0 aliphatic carbocycles. The van der Waals surface area contributed by atoms with E-state index in [0.29, 0.717) is 12.8 Å². The Morgan fingerprint density at radius 2 is 1.05 bits per heavy atom. The third kappa shape index (κ3) is 28.5. The molecule has 17 heteroatoms. The van der Waals surface area contributed by atoms with Crippen LogP contribution in [0.3, 0.4) is 0 Å². The van der Waals surface area contributed by atoms with E-state index in [9.17, 15) is 36.6 Å². The van der Waals surface area contributed by atoms with Crippen LogP contribution < -0.4 is 5.32 Å². The van der Waals surface area contributed by atoms with Gasteiger partial charge in [0, 0.05) is 36.4 Å². The van der Waals surface area contributed by atoms with E-state index in [1.165, 1.54) is 109 Å². The molecule has 61 heavy (non-hydrogen) atoms. The monoisotopic (exact) mass is 895 g/mol. The zero-order valence-electron chi connectivity index (χ0n) is 37.0. The van der Waals surface area contributed by atoms with Gasteiger partial charge in [0.1, 0.15) is 12.3 Å². The Bertz CT molecular complexity index is 1410. The summed E-state index contributed by atoms with van der Waals surface area (Å²) in [5, 5.41) is 5.06. The lowest BCUT2D eigenvalue weighted by Crippen LogP contribution is -2.29. The predicted molar refractivity (Wildman–Crippen MR) is 230 cm³/mol. The van der Waals surface area contributed by atoms with Crippen LogP contribution in [0.25, 0.3) is 10.4 Å². The number of esters is 2. The van der Waals surface area contributed by atoms with Crippen molar-refractivity contribution in [2.24, 2.45) is 5.11 Å². The normalized spacial score (nSPS) is 12.8. The molecule has 0 aliphatic heterocycles. The molecule has 1 aromatic rings. The Kier molecular flexibility index (Phi) is 33.9. The van der Waals surface area contributed by atoms with E-state index in [2.05, 4.69) is 29.2 Å². The zero-order valence-corrected chi connectivity index (χ0v) is 37.9. The summed E-state index contributed by atoms with van der Waals surface area (Å²) in [4.78, 5) is 37.6. The molecule has 0 aromatic heterocycles. The summed E-state index contributed by atoms with van der Waals surface area (Å²) in [6.45, 7) is 1.80. The maximum atomic E-state index is 14.3. The molecule has 0 spiro atoms. The molecule has 12 nitrogen and oxygen atoms in total. The number of hydrogen-bond donors (Lipinski definition) is 2. The SMILES string of the molecule is CCCCCCCCCCCCCCCC(=O)OCC(COP(=O)(O)OCCNCc1c(F)c(F)c(N=[N+]=[N-])c(F)c1F)OC(=O)CCCCCCCCCCCCCCC. The van der Waals surface area contributed by atoms with Crippen LogP contribution in [0.1, 0.15) is 199 Å². The average Bonchev–Trinajstić information content (AvgIpc) is 3.24. The van der Waals surface area contributed by atoms with Gasteiger partial charge in [-0.2, -0.15) is 0 Å². The minimum atomic E-state index is -4.78. The predicted octanol–water partition coefficient (Wildman–Crippen LogP) is 13.8. The molecule has 0 heterocycles. The number of ether oxygens (including phenoxy) is 2. The van der Waals surface area contributed by atoms with Gasteiger partial charge in [-0.15, -0.1) is 0 Å². The molecular weight excluding hydrogens is 819 g/mol. The van der Waals surface area contributed by atoms with Gasteiger partial charge in [0.2, 0.25) is 0 Å². The number of phosphoric acid groups is 1. The van der Waals surface area contributed by atoms with Crippen molar-refractivity contribution >= 4 is 25.4 Å². The Balaban J connectivity index is 2.52. The van der Waals surface area contributed by atoms with Gasteiger partial charge in [0.05, 0.1) is 13.2 Å². The van der Waals surface area contributed by atoms with Crippen molar-refractivity contribution in [3.63, 3.8) is 0 Å². The molecule has 2 unspecified atom stereocenters. The van der Waals surface area contributed by atoms with Gasteiger partial charge < -0.3 is 19.7 Å². The standard InChI is InChI=1S/C44H75F4N4O8P/c1-3-5-7-9-11-13-15-17-19-21-23-25-27-29-38(53)57-34-36(60-39(54)30-28-26-24-22-20-18-16-14-12-10-8-6-4-2)35-59-61(55,56)58-32-31-50-33-37-40(45)42(47)44(51-52-49)43(48)41(37)46/h36,50H,3-35H2,1-2H3,(H,55,56). The van der Waals surface area contributed by atoms with E-state index in [1.54, 1.807) is 0 Å². The van der Waals surface area contributed by atoms with Crippen LogP contribution in [0.5, 0.6) is 0 Å². The van der Waals surface area contributed by atoms with Gasteiger partial charge >= 0.3 is 19.8 Å². The lowest BCUT2D eigenvalue weighted by atomic mass is 10.0. The fraction of sp³-hybridized carbons (Fsp3) is 0.818. The number of carbonyl (C=O) groups is 2. The summed E-state index contributed by atoms with van der Waals surface area (Å²) >= 11 is 0. The molecule has 0 bridgehead atoms. The summed E-state index contributed by atoms with van der Waals surface area (Å²) in [5.41, 5.74) is 5.91. The fourth-order valence-corrected chi connectivity index (χ4v) is 7.56. The first-order valence-electron chi connectivity index (χ1n) is 23.0. The Morgan fingerprint density at radius 3 is 1.48 bits per heavy atom. The van der Waals surface area contributed by atoms with E-state index in [4.69, 9.17) is 24.1 Å². The Hall–Kier alpha value is -2.74. The van der Waals surface area contributed by atoms with Crippen molar-refractivity contribution in [3.05, 3.63) is 39.3 Å². The second-order valence-electron chi connectivity index (χ2n) is 15.8. The summed E-state index contributed by atoms with van der Waals surface area (Å²) in [5.74, 6) is -8.35. The number of rotatable bonds is 41. The fourth-order valence-electron chi connectivity index (χ4n) is 6.81. The van der Waals surface area contributed by atoms with Crippen LogP contribution in [0, 0.1) is 23.3 Å². The van der Waals surface area contributed by atoms with E-state index in [1.807, 2.05) is 0 Å². The lowest BCUT2D eigenvalue weighted by Gasteiger charge is -2.20. The zero-order chi connectivity index (χ0) is 45.0. The first-order valence-corrected chi connectivity index (χ1v) is 24.5. The van der Waals surface area contributed by atoms with Gasteiger partial charge in [0.15, 0.2) is 29.4 Å². The number of nitrogens with one attached hydrogen (secondary N) is 1. The molecule has 1 aromatic carbocycles. The molecule has 0 saturated heterocycles. The number of phosphoric ester groups is 1. The molecule has 0 fully saturated rings. The van der Waals surface area contributed by atoms with Crippen molar-refractivity contribution in [1.29, 1.82) is 0 Å². The van der Waals surface area contributed by atoms with Crippen LogP contribution in [-0.4, -0.2) is 49.3 Å². The van der Waals surface area contributed by atoms with Gasteiger partial charge in [-0.1, -0.05) is 173 Å². The minimum Gasteiger partial charge on any atom is -0.462 e. The Morgan fingerprint density at radius 1 is 0.639 bits per heavy atom. The maximum absolute atomic E-state index is 14.3. The van der Waals surface area contributed by atoms with Crippen molar-refractivity contribution < 1.29 is 55.1 Å². The number of benzene rings is 1. The average molecular weight is 895 g/mol. The van der Waals surface area contributed by atoms with Crippen LogP contribution in [0.4, 0.5) is 23.2 Å². The van der Waals surface area contributed by atoms with Crippen LogP contribution in [-0.2, 0) is 39.2 Å². The molecule has 0 amide bonds. The maximum Gasteiger partial charge on any atom is 0.472 e. The number of carbonyl (C=O) groups excluding carboxylic acids is 2. The van der Waals surface area contributed by atoms with Crippen molar-refractivity contribution in [2.45, 2.75) is 206 Å². The van der Waals surface area contributed by atoms with Crippen LogP contribution in [0.15, 0.2) is 5.11 Å². The van der Waals surface area contributed by atoms with E-state index < -0.39 is 86.8 Å². The van der Waals surface area contributed by atoms with Crippen molar-refractivity contribution in [3.8, 4) is 0 Å². The molecule has 352 valence electrons. The third-order valence-corrected chi connectivity index (χ3v) is 11.4. The van der Waals surface area contributed by atoms with E-state index in [-0.39, 0.29) is 19.4 Å². The quantitative estimate of drug-likeness (QED) is 0.00949. The number of unbranched alkanes of at least 4 members (excludes halogenated alkanes) is 24. The number of nitrogens with zero attached hydrogens (tertiary/aromatic N) is 3. The van der Waals surface area contributed by atoms with Gasteiger partial charge in [0.25, 0.3) is 0 Å². The molecule has 0 saturated carbocycles. The number of azide groups is 1. The summed E-state index contributed by atoms with van der Waals surface area (Å²) in [6, 6.07) is 0. The van der Waals surface area contributed by atoms with E-state index in [0.717, 1.165) is 44.9 Å². The number of hydrogen-bond acceptors (Lipinski definition) is 9. The topological polar surface area (TPSA) is 169 Å². The first kappa shape index (κ1) is 56.3. The van der Waals surface area contributed by atoms with Crippen molar-refractivity contribution in [1.82, 2.24) is 5.32 Å². The molecule has 0 radical (unpaired) electrons. The smallest absolute Gasteiger partial charge is 0.462 e.